The highest BCUT2D eigenvalue weighted by Crippen LogP contribution is 1.76. The maximum Gasteiger partial charge on any atom is 0.300 e. The molecule has 62 valence electrons. The fraction of sp³-hybridized carbons (Fsp3) is 0.800. The van der Waals surface area contributed by atoms with Crippen LogP contribution in [0.1, 0.15) is 6.92 Å². The zero-order valence-electron chi connectivity index (χ0n) is 5.96. The van der Waals surface area contributed by atoms with Crippen LogP contribution in [0.25, 0.3) is 0 Å². The van der Waals surface area contributed by atoms with Crippen molar-refractivity contribution in [3.63, 3.8) is 0 Å². The van der Waals surface area contributed by atoms with Crippen molar-refractivity contribution in [2.24, 2.45) is 0 Å². The topological polar surface area (TPSA) is 55.8 Å². The zero-order valence-corrected chi connectivity index (χ0v) is 6.72. The van der Waals surface area contributed by atoms with Crippen molar-refractivity contribution in [3.05, 3.63) is 0 Å². The average molecular weight is 171 g/mol. The fourth-order valence-corrected chi connectivity index (χ4v) is 0.178. The quantitative estimate of drug-likeness (QED) is 0.640. The molecule has 0 atom stereocenters. The molecule has 0 spiro atoms. The van der Waals surface area contributed by atoms with Crippen molar-refractivity contribution in [1.82, 2.24) is 0 Å². The highest BCUT2D eigenvalue weighted by Gasteiger charge is 1.75. The molecule has 0 aromatic heterocycles. The predicted octanol–water partition coefficient (Wildman–Crippen LogP) is 0.894. The minimum Gasteiger partial charge on any atom is -0.481 e. The van der Waals surface area contributed by atoms with Crippen LogP contribution in [-0.4, -0.2) is 31.4 Å². The molecule has 0 aliphatic carbocycles. The molecule has 0 unspecified atom stereocenters. The van der Waals surface area contributed by atoms with Gasteiger partial charge in [-0.05, 0) is 0 Å². The lowest BCUT2D eigenvalue weighted by atomic mass is 10.8. The first-order chi connectivity index (χ1) is 4.65. The molecule has 1 N–H and O–H groups in total. The van der Waals surface area contributed by atoms with Gasteiger partial charge in [0.15, 0.2) is 0 Å². The summed E-state index contributed by atoms with van der Waals surface area (Å²) in [6.07, 6.45) is 0. The van der Waals surface area contributed by atoms with E-state index in [9.17, 15) is 0 Å². The van der Waals surface area contributed by atoms with Crippen LogP contribution >= 0.6 is 11.9 Å². The zero-order chi connectivity index (χ0) is 8.41. The Morgan fingerprint density at radius 1 is 1.60 bits per heavy atom. The summed E-state index contributed by atoms with van der Waals surface area (Å²) in [5.41, 5.74) is 0. The van der Waals surface area contributed by atoms with Gasteiger partial charge in [0.2, 0.25) is 0 Å². The molecule has 0 saturated heterocycles. The van der Waals surface area contributed by atoms with Crippen molar-refractivity contribution in [1.29, 1.82) is 0 Å². The summed E-state index contributed by atoms with van der Waals surface area (Å²) in [5.74, 6) is -0.833. The van der Waals surface area contributed by atoms with E-state index < -0.39 is 5.97 Å². The number of carbonyl (C=O) groups is 1. The largest absolute Gasteiger partial charge is 0.481 e. The van der Waals surface area contributed by atoms with E-state index in [-0.39, 0.29) is 0 Å². The summed E-state index contributed by atoms with van der Waals surface area (Å²) in [4.78, 5) is 9.00. The minimum absolute atomic E-state index is 0.456. The number of halogens is 1. The number of hydrogen-bond acceptors (Lipinski definition) is 3. The lowest BCUT2D eigenvalue weighted by Gasteiger charge is -1.88. The van der Waals surface area contributed by atoms with Crippen LogP contribution < -0.4 is 0 Å². The first-order valence-electron chi connectivity index (χ1n) is 2.57. The van der Waals surface area contributed by atoms with E-state index in [1.807, 2.05) is 0 Å². The Hall–Kier alpha value is -0.320. The number of hydrogen-bond donors (Lipinski definition) is 1. The Labute approximate surface area is 64.9 Å². The predicted molar refractivity (Wildman–Crippen MR) is 37.0 cm³/mol. The van der Waals surface area contributed by atoms with Gasteiger partial charge in [-0.3, -0.25) is 9.08 Å². The summed E-state index contributed by atoms with van der Waals surface area (Å²) in [6.45, 7) is 2.10. The third kappa shape index (κ3) is 47.7. The molecule has 0 rings (SSSR count). The van der Waals surface area contributed by atoms with Crippen LogP contribution in [0.3, 0.4) is 0 Å². The molecule has 0 aliphatic heterocycles. The summed E-state index contributed by atoms with van der Waals surface area (Å²) >= 11 is 4.80. The number of carboxylic acids is 1. The molecule has 10 heavy (non-hydrogen) atoms. The molecule has 4 nitrogen and oxygen atoms in total. The smallest absolute Gasteiger partial charge is 0.300 e. The molecule has 0 radical (unpaired) electrons. The number of methoxy groups -OCH3 is 1. The highest BCUT2D eigenvalue weighted by atomic mass is 35.5. The second kappa shape index (κ2) is 11.5. The molecular formula is C5H11ClO4. The van der Waals surface area contributed by atoms with Crippen molar-refractivity contribution < 1.29 is 18.9 Å². The molecule has 0 fully saturated rings. The van der Waals surface area contributed by atoms with Gasteiger partial charge in [-0.15, -0.1) is 0 Å². The average Bonchev–Trinajstić information content (AvgIpc) is 1.82. The van der Waals surface area contributed by atoms with Gasteiger partial charge in [0.25, 0.3) is 5.97 Å². The van der Waals surface area contributed by atoms with Crippen LogP contribution in [0, 0.1) is 0 Å². The summed E-state index contributed by atoms with van der Waals surface area (Å²) in [7, 11) is 1.59. The Morgan fingerprint density at radius 3 is 2.10 bits per heavy atom. The molecule has 0 amide bonds. The number of ether oxygens (including phenoxy) is 1. The minimum atomic E-state index is -0.833. The van der Waals surface area contributed by atoms with Crippen molar-refractivity contribution in [2.45, 2.75) is 6.92 Å². The lowest BCUT2D eigenvalue weighted by Crippen LogP contribution is -1.93. The second-order valence-electron chi connectivity index (χ2n) is 1.33. The van der Waals surface area contributed by atoms with Crippen molar-refractivity contribution in [2.75, 3.05) is 20.3 Å². The first kappa shape index (κ1) is 12.4. The van der Waals surface area contributed by atoms with Crippen LogP contribution in [-0.2, 0) is 13.8 Å². The second-order valence-corrected chi connectivity index (χ2v) is 1.54. The number of carboxylic acid groups (broad SMARTS) is 1. The van der Waals surface area contributed by atoms with E-state index in [1.54, 1.807) is 7.11 Å². The number of aliphatic carboxylic acids is 1. The van der Waals surface area contributed by atoms with Gasteiger partial charge in [0, 0.05) is 14.0 Å². The van der Waals surface area contributed by atoms with Gasteiger partial charge in [0.05, 0.1) is 25.1 Å². The van der Waals surface area contributed by atoms with Crippen molar-refractivity contribution in [3.8, 4) is 0 Å². The molecule has 0 heterocycles. The monoisotopic (exact) mass is 170 g/mol. The van der Waals surface area contributed by atoms with E-state index in [2.05, 4.69) is 9.03 Å². The maximum absolute atomic E-state index is 9.00. The molecule has 0 saturated carbocycles. The molecule has 0 aliphatic rings. The molecule has 5 heteroatoms. The van der Waals surface area contributed by atoms with E-state index in [4.69, 9.17) is 21.8 Å². The van der Waals surface area contributed by atoms with Gasteiger partial charge in [-0.1, -0.05) is 0 Å². The van der Waals surface area contributed by atoms with E-state index in [1.165, 1.54) is 0 Å². The molecular weight excluding hydrogens is 160 g/mol. The van der Waals surface area contributed by atoms with Gasteiger partial charge in [-0.2, -0.15) is 0 Å². The molecule has 0 aromatic rings. The highest BCUT2D eigenvalue weighted by molar-refractivity contribution is 6.07. The van der Waals surface area contributed by atoms with Crippen molar-refractivity contribution >= 4 is 17.8 Å². The van der Waals surface area contributed by atoms with E-state index in [0.717, 1.165) is 6.92 Å². The van der Waals surface area contributed by atoms with E-state index >= 15 is 0 Å². The summed E-state index contributed by atoms with van der Waals surface area (Å²) < 4.78 is 8.70. The van der Waals surface area contributed by atoms with E-state index in [0.29, 0.717) is 13.2 Å². The molecule has 0 aromatic carbocycles. The van der Waals surface area contributed by atoms with Gasteiger partial charge < -0.3 is 9.84 Å². The van der Waals surface area contributed by atoms with Gasteiger partial charge >= 0.3 is 0 Å². The van der Waals surface area contributed by atoms with Crippen LogP contribution in [0.15, 0.2) is 0 Å². The summed E-state index contributed by atoms with van der Waals surface area (Å²) in [5, 5.41) is 7.42. The Morgan fingerprint density at radius 2 is 2.00 bits per heavy atom. The number of rotatable bonds is 3. The van der Waals surface area contributed by atoms with Crippen LogP contribution in [0.4, 0.5) is 0 Å². The van der Waals surface area contributed by atoms with Crippen LogP contribution in [0.5, 0.6) is 0 Å². The molecule has 0 bridgehead atoms. The lowest BCUT2D eigenvalue weighted by molar-refractivity contribution is -0.134. The maximum atomic E-state index is 9.00. The normalized spacial score (nSPS) is 7.90. The Kier molecular flexibility index (Phi) is 14.2. The van der Waals surface area contributed by atoms with Gasteiger partial charge in [0.1, 0.15) is 0 Å². The first-order valence-corrected chi connectivity index (χ1v) is 2.88. The SMILES string of the molecule is CC(=O)O.COCCOCl. The summed E-state index contributed by atoms with van der Waals surface area (Å²) in [6, 6.07) is 0. The third-order valence-electron chi connectivity index (χ3n) is 0.365. The van der Waals surface area contributed by atoms with Crippen LogP contribution in [0.2, 0.25) is 0 Å². The third-order valence-corrected chi connectivity index (χ3v) is 0.519. The Bertz CT molecular complexity index is 68.0. The van der Waals surface area contributed by atoms with Gasteiger partial charge in [-0.25, -0.2) is 0 Å². The fourth-order valence-electron chi connectivity index (χ4n) is 0.115. The standard InChI is InChI=1S/C3H7ClO2.C2H4O2/c1-5-2-3-6-4;1-2(3)4/h2-3H2,1H3;1H3,(H,3,4). The Balaban J connectivity index is 0.